The molecule has 0 bridgehead atoms. The second kappa shape index (κ2) is 4.76. The van der Waals surface area contributed by atoms with Gasteiger partial charge in [0.1, 0.15) is 0 Å². The molecule has 2 aliphatic rings. The van der Waals surface area contributed by atoms with Crippen molar-refractivity contribution in [3.05, 3.63) is 29.3 Å². The van der Waals surface area contributed by atoms with Crippen LogP contribution in [0.5, 0.6) is 0 Å². The van der Waals surface area contributed by atoms with E-state index in [1.807, 2.05) is 0 Å². The van der Waals surface area contributed by atoms with Crippen LogP contribution < -0.4 is 10.2 Å². The number of nitrogens with one attached hydrogen (secondary N) is 1. The van der Waals surface area contributed by atoms with Crippen LogP contribution in [0, 0.1) is 11.3 Å². The Morgan fingerprint density at radius 1 is 1.43 bits per heavy atom. The molecule has 1 aliphatic carbocycles. The number of urea groups is 1. The maximum absolute atomic E-state index is 12.3. The van der Waals surface area contributed by atoms with E-state index in [1.54, 1.807) is 23.1 Å². The first-order chi connectivity index (χ1) is 9.88. The fourth-order valence-electron chi connectivity index (χ4n) is 2.95. The normalized spacial score (nSPS) is 21.8. The predicted molar refractivity (Wildman–Crippen MR) is 79.7 cm³/mol. The van der Waals surface area contributed by atoms with Gasteiger partial charge in [-0.25, -0.2) is 9.59 Å². The van der Waals surface area contributed by atoms with E-state index in [9.17, 15) is 9.59 Å². The highest BCUT2D eigenvalue weighted by molar-refractivity contribution is 5.97. The minimum absolute atomic E-state index is 0.126. The monoisotopic (exact) mass is 288 g/mol. The fraction of sp³-hybridized carbons (Fsp3) is 0.500. The lowest BCUT2D eigenvalue weighted by Gasteiger charge is -2.18. The summed E-state index contributed by atoms with van der Waals surface area (Å²) in [6.07, 6.45) is 1.92. The van der Waals surface area contributed by atoms with Gasteiger partial charge in [0, 0.05) is 18.8 Å². The molecule has 3 rings (SSSR count). The van der Waals surface area contributed by atoms with Gasteiger partial charge >= 0.3 is 12.0 Å². The third kappa shape index (κ3) is 2.60. The highest BCUT2D eigenvalue weighted by Crippen LogP contribution is 2.51. The number of hydrogen-bond donors (Lipinski definition) is 2. The number of benzene rings is 1. The largest absolute Gasteiger partial charge is 0.478 e. The van der Waals surface area contributed by atoms with Crippen LogP contribution >= 0.6 is 0 Å². The van der Waals surface area contributed by atoms with Gasteiger partial charge in [-0.05, 0) is 41.9 Å². The Kier molecular flexibility index (Phi) is 3.15. The molecule has 1 atom stereocenters. The summed E-state index contributed by atoms with van der Waals surface area (Å²) in [5, 5.41) is 12.0. The van der Waals surface area contributed by atoms with Crippen molar-refractivity contribution in [1.29, 1.82) is 0 Å². The maximum atomic E-state index is 12.3. The molecule has 1 saturated carbocycles. The second-order valence-corrected chi connectivity index (χ2v) is 6.63. The van der Waals surface area contributed by atoms with Crippen molar-refractivity contribution in [2.24, 2.45) is 11.3 Å². The number of carboxylic acids is 1. The maximum Gasteiger partial charge on any atom is 0.335 e. The van der Waals surface area contributed by atoms with Crippen LogP contribution in [0.2, 0.25) is 0 Å². The van der Waals surface area contributed by atoms with Crippen LogP contribution in [0.15, 0.2) is 18.2 Å². The van der Waals surface area contributed by atoms with Gasteiger partial charge in [0.2, 0.25) is 0 Å². The molecule has 5 nitrogen and oxygen atoms in total. The van der Waals surface area contributed by atoms with Crippen molar-refractivity contribution in [3.8, 4) is 0 Å². The molecule has 1 aromatic rings. The number of carboxylic acid groups (broad SMARTS) is 1. The number of nitrogens with zero attached hydrogens (tertiary/aromatic N) is 1. The molecule has 1 unspecified atom stereocenters. The van der Waals surface area contributed by atoms with Crippen molar-refractivity contribution < 1.29 is 14.7 Å². The van der Waals surface area contributed by atoms with Crippen LogP contribution in [-0.2, 0) is 6.42 Å². The van der Waals surface area contributed by atoms with Crippen LogP contribution in [-0.4, -0.2) is 30.2 Å². The summed E-state index contributed by atoms with van der Waals surface area (Å²) in [4.78, 5) is 25.0. The summed E-state index contributed by atoms with van der Waals surface area (Å²) < 4.78 is 0. The standard InChI is InChI=1S/C16H20N2O3/c1-16(2)8-12(16)9-17-15(21)18-6-5-10-3-4-11(14(19)20)7-13(10)18/h3-4,7,12H,5-6,8-9H2,1-2H3,(H,17,21)(H,19,20). The summed E-state index contributed by atoms with van der Waals surface area (Å²) in [5.41, 5.74) is 2.31. The van der Waals surface area contributed by atoms with Crippen LogP contribution in [0.3, 0.4) is 0 Å². The SMILES string of the molecule is CC1(C)CC1CNC(=O)N1CCc2ccc(C(=O)O)cc21. The molecule has 5 heteroatoms. The van der Waals surface area contributed by atoms with E-state index in [-0.39, 0.29) is 11.6 Å². The van der Waals surface area contributed by atoms with Gasteiger partial charge in [-0.15, -0.1) is 0 Å². The summed E-state index contributed by atoms with van der Waals surface area (Å²) >= 11 is 0. The lowest BCUT2D eigenvalue weighted by molar-refractivity contribution is 0.0697. The number of carbonyl (C=O) groups excluding carboxylic acids is 1. The van der Waals surface area contributed by atoms with E-state index in [4.69, 9.17) is 5.11 Å². The van der Waals surface area contributed by atoms with Gasteiger partial charge in [0.05, 0.1) is 5.56 Å². The van der Waals surface area contributed by atoms with Gasteiger partial charge in [-0.3, -0.25) is 4.90 Å². The summed E-state index contributed by atoms with van der Waals surface area (Å²) in [6, 6.07) is 4.86. The number of amides is 2. The number of carbonyl (C=O) groups is 2. The lowest BCUT2D eigenvalue weighted by Crippen LogP contribution is -2.40. The molecular formula is C16H20N2O3. The van der Waals surface area contributed by atoms with E-state index in [2.05, 4.69) is 19.2 Å². The Hall–Kier alpha value is -2.04. The van der Waals surface area contributed by atoms with Crippen molar-refractivity contribution in [1.82, 2.24) is 5.32 Å². The number of hydrogen-bond acceptors (Lipinski definition) is 2. The Balaban J connectivity index is 1.69. The van der Waals surface area contributed by atoms with Crippen LogP contribution in [0.4, 0.5) is 10.5 Å². The first-order valence-electron chi connectivity index (χ1n) is 7.30. The highest BCUT2D eigenvalue weighted by Gasteiger charge is 2.45. The number of aromatic carboxylic acids is 1. The van der Waals surface area contributed by atoms with E-state index >= 15 is 0 Å². The van der Waals surface area contributed by atoms with Crippen molar-refractivity contribution in [2.75, 3.05) is 18.0 Å². The molecule has 1 aliphatic heterocycles. The average molecular weight is 288 g/mol. The predicted octanol–water partition coefficient (Wildman–Crippen LogP) is 2.50. The topological polar surface area (TPSA) is 69.6 Å². The van der Waals surface area contributed by atoms with E-state index in [1.165, 1.54) is 0 Å². The lowest BCUT2D eigenvalue weighted by atomic mass is 10.1. The molecule has 0 saturated heterocycles. The first kappa shape index (κ1) is 13.9. The van der Waals surface area contributed by atoms with Crippen molar-refractivity contribution in [2.45, 2.75) is 26.7 Å². The Morgan fingerprint density at radius 3 is 2.76 bits per heavy atom. The molecule has 2 amide bonds. The number of fused-ring (bicyclic) bond motifs is 1. The zero-order valence-corrected chi connectivity index (χ0v) is 12.3. The Labute approximate surface area is 123 Å². The minimum atomic E-state index is -0.968. The van der Waals surface area contributed by atoms with Gasteiger partial charge in [-0.2, -0.15) is 0 Å². The second-order valence-electron chi connectivity index (χ2n) is 6.63. The van der Waals surface area contributed by atoms with Crippen LogP contribution in [0.1, 0.15) is 36.2 Å². The Morgan fingerprint density at radius 2 is 2.14 bits per heavy atom. The van der Waals surface area contributed by atoms with E-state index in [0.29, 0.717) is 24.4 Å². The molecule has 0 aromatic heterocycles. The molecule has 1 aromatic carbocycles. The third-order valence-electron chi connectivity index (χ3n) is 4.69. The van der Waals surface area contributed by atoms with Crippen LogP contribution in [0.25, 0.3) is 0 Å². The minimum Gasteiger partial charge on any atom is -0.478 e. The molecular weight excluding hydrogens is 268 g/mol. The van der Waals surface area contributed by atoms with E-state index < -0.39 is 5.97 Å². The zero-order valence-electron chi connectivity index (χ0n) is 12.3. The molecule has 21 heavy (non-hydrogen) atoms. The highest BCUT2D eigenvalue weighted by atomic mass is 16.4. The Bertz CT molecular complexity index is 610. The van der Waals surface area contributed by atoms with Gasteiger partial charge in [0.25, 0.3) is 0 Å². The molecule has 0 spiro atoms. The smallest absolute Gasteiger partial charge is 0.335 e. The first-order valence-corrected chi connectivity index (χ1v) is 7.30. The molecule has 0 radical (unpaired) electrons. The molecule has 2 N–H and O–H groups in total. The number of rotatable bonds is 3. The van der Waals surface area contributed by atoms with Gasteiger partial charge in [0.15, 0.2) is 0 Å². The van der Waals surface area contributed by atoms with Crippen molar-refractivity contribution in [3.63, 3.8) is 0 Å². The average Bonchev–Trinajstić information content (AvgIpc) is 2.85. The fourth-order valence-corrected chi connectivity index (χ4v) is 2.95. The quantitative estimate of drug-likeness (QED) is 0.898. The van der Waals surface area contributed by atoms with Gasteiger partial charge in [-0.1, -0.05) is 19.9 Å². The molecule has 1 fully saturated rings. The van der Waals surface area contributed by atoms with E-state index in [0.717, 1.165) is 24.1 Å². The zero-order chi connectivity index (χ0) is 15.2. The number of anilines is 1. The molecule has 112 valence electrons. The summed E-state index contributed by atoms with van der Waals surface area (Å²) in [6.45, 7) is 5.71. The van der Waals surface area contributed by atoms with Crippen molar-refractivity contribution >= 4 is 17.7 Å². The molecule has 1 heterocycles. The summed E-state index contributed by atoms with van der Waals surface area (Å²) in [7, 11) is 0. The van der Waals surface area contributed by atoms with Gasteiger partial charge < -0.3 is 10.4 Å². The summed E-state index contributed by atoms with van der Waals surface area (Å²) in [5.74, 6) is -0.418. The third-order valence-corrected chi connectivity index (χ3v) is 4.69.